The van der Waals surface area contributed by atoms with E-state index in [1.807, 2.05) is 37.3 Å². The Hall–Kier alpha value is -2.08. The van der Waals surface area contributed by atoms with Crippen molar-refractivity contribution in [1.82, 2.24) is 4.98 Å². The third-order valence-electron chi connectivity index (χ3n) is 2.91. The fourth-order valence-corrected chi connectivity index (χ4v) is 2.15. The van der Waals surface area contributed by atoms with E-state index in [1.54, 1.807) is 0 Å². The molecule has 1 amide bonds. The first-order valence-corrected chi connectivity index (χ1v) is 6.62. The molecule has 118 valence electrons. The molecule has 1 aromatic carbocycles. The van der Waals surface area contributed by atoms with Crippen molar-refractivity contribution in [2.75, 3.05) is 0 Å². The molecule has 0 saturated heterocycles. The number of aromatic nitrogens is 1. The summed E-state index contributed by atoms with van der Waals surface area (Å²) in [5.41, 5.74) is 4.74. The summed E-state index contributed by atoms with van der Waals surface area (Å²) in [6.07, 6.45) is -3.36. The van der Waals surface area contributed by atoms with Gasteiger partial charge in [0.1, 0.15) is 0 Å². The van der Waals surface area contributed by atoms with E-state index in [2.05, 4.69) is 10.7 Å². The number of amides is 1. The number of pyridine rings is 1. The molecule has 0 saturated carbocycles. The van der Waals surface area contributed by atoms with Crippen LogP contribution in [0, 0.1) is 0 Å². The molecule has 0 aliphatic carbocycles. The van der Waals surface area contributed by atoms with Crippen LogP contribution in [0.5, 0.6) is 0 Å². The number of rotatable bonds is 2. The average Bonchev–Trinajstić information content (AvgIpc) is 2.47. The number of carbonyl (C=O) groups is 1. The molecule has 1 heterocycles. The summed E-state index contributed by atoms with van der Waals surface area (Å²) in [6.45, 7) is 1.86. The quantitative estimate of drug-likeness (QED) is 0.846. The lowest BCUT2D eigenvalue weighted by Crippen LogP contribution is -2.08. The normalized spacial score (nSPS) is 12.0. The maximum absolute atomic E-state index is 12.5. The number of primary amides is 1. The fraction of sp³-hybridized carbons (Fsp3) is 0.200. The van der Waals surface area contributed by atoms with Crippen LogP contribution in [0.15, 0.2) is 42.6 Å². The highest BCUT2D eigenvalue weighted by Crippen LogP contribution is 2.34. The van der Waals surface area contributed by atoms with Gasteiger partial charge in [0, 0.05) is 12.1 Å². The van der Waals surface area contributed by atoms with E-state index >= 15 is 0 Å². The maximum atomic E-state index is 12.5. The maximum Gasteiger partial charge on any atom is 0.417 e. The van der Waals surface area contributed by atoms with Crippen molar-refractivity contribution in [3.8, 4) is 0 Å². The smallest absolute Gasteiger partial charge is 0.372 e. The van der Waals surface area contributed by atoms with E-state index in [1.165, 1.54) is 0 Å². The van der Waals surface area contributed by atoms with Crippen molar-refractivity contribution in [3.05, 3.63) is 64.4 Å². The second kappa shape index (κ2) is 7.79. The predicted molar refractivity (Wildman–Crippen MR) is 78.5 cm³/mol. The van der Waals surface area contributed by atoms with Crippen molar-refractivity contribution in [2.45, 2.75) is 19.0 Å². The van der Waals surface area contributed by atoms with Gasteiger partial charge in [-0.1, -0.05) is 48.9 Å². The summed E-state index contributed by atoms with van der Waals surface area (Å²) in [4.78, 5) is 12.5. The van der Waals surface area contributed by atoms with Crippen LogP contribution in [-0.4, -0.2) is 11.4 Å². The van der Waals surface area contributed by atoms with Gasteiger partial charge in [-0.2, -0.15) is 13.2 Å². The molecule has 1 aromatic heterocycles. The van der Waals surface area contributed by atoms with E-state index in [4.69, 9.17) is 16.4 Å². The zero-order valence-electron chi connectivity index (χ0n) is 11.6. The van der Waals surface area contributed by atoms with Crippen LogP contribution < -0.4 is 5.73 Å². The first kappa shape index (κ1) is 18.0. The lowest BCUT2D eigenvalue weighted by Gasteiger charge is -2.14. The predicted octanol–water partition coefficient (Wildman–Crippen LogP) is 4.01. The van der Waals surface area contributed by atoms with Gasteiger partial charge < -0.3 is 5.73 Å². The monoisotopic (exact) mass is 330 g/mol. The minimum atomic E-state index is -4.43. The van der Waals surface area contributed by atoms with Crippen LogP contribution >= 0.6 is 11.6 Å². The Morgan fingerprint density at radius 1 is 1.27 bits per heavy atom. The average molecular weight is 331 g/mol. The highest BCUT2D eigenvalue weighted by molar-refractivity contribution is 6.31. The van der Waals surface area contributed by atoms with E-state index in [0.29, 0.717) is 5.69 Å². The van der Waals surface area contributed by atoms with Crippen molar-refractivity contribution in [3.63, 3.8) is 0 Å². The Morgan fingerprint density at radius 3 is 2.27 bits per heavy atom. The van der Waals surface area contributed by atoms with Crippen LogP contribution in [0.2, 0.25) is 5.02 Å². The van der Waals surface area contributed by atoms with Gasteiger partial charge >= 0.3 is 6.18 Å². The summed E-state index contributed by atoms with van der Waals surface area (Å²) in [5, 5.41) is 0.0335. The van der Waals surface area contributed by atoms with Crippen molar-refractivity contribution >= 4 is 18.0 Å². The molecule has 0 radical (unpaired) electrons. The van der Waals surface area contributed by atoms with Gasteiger partial charge in [-0.15, -0.1) is 0 Å². The summed E-state index contributed by atoms with van der Waals surface area (Å²) in [6, 6.07) is 10.3. The molecule has 2 rings (SSSR count). The number of alkyl halides is 3. The number of hydrogen-bond donors (Lipinski definition) is 1. The molecular formula is C15H14ClF3N2O. The Bertz CT molecular complexity index is 618. The van der Waals surface area contributed by atoms with E-state index in [9.17, 15) is 13.2 Å². The summed E-state index contributed by atoms with van der Waals surface area (Å²) in [5.74, 6) is -0.156. The molecule has 7 heteroatoms. The molecule has 1 unspecified atom stereocenters. The molecule has 0 aliphatic heterocycles. The topological polar surface area (TPSA) is 56.0 Å². The number of hydrogen-bond acceptors (Lipinski definition) is 2. The van der Waals surface area contributed by atoms with Crippen molar-refractivity contribution in [1.29, 1.82) is 0 Å². The molecule has 0 fully saturated rings. The van der Waals surface area contributed by atoms with E-state index in [-0.39, 0.29) is 17.4 Å². The summed E-state index contributed by atoms with van der Waals surface area (Å²) >= 11 is 5.92. The van der Waals surface area contributed by atoms with Gasteiger partial charge in [0.25, 0.3) is 0 Å². The van der Waals surface area contributed by atoms with Crippen LogP contribution in [0.3, 0.4) is 0 Å². The Kier molecular flexibility index (Phi) is 6.37. The van der Waals surface area contributed by atoms with Gasteiger partial charge in [0.05, 0.1) is 16.3 Å². The molecule has 3 nitrogen and oxygen atoms in total. The van der Waals surface area contributed by atoms with Crippen LogP contribution in [0.1, 0.15) is 29.7 Å². The zero-order valence-corrected chi connectivity index (χ0v) is 12.4. The Balaban J connectivity index is 0.000000745. The van der Waals surface area contributed by atoms with Crippen molar-refractivity contribution < 1.29 is 18.0 Å². The molecule has 2 aromatic rings. The second-order valence-electron chi connectivity index (χ2n) is 4.36. The number of halogens is 4. The number of nitrogens with two attached hydrogens (primary N) is 1. The lowest BCUT2D eigenvalue weighted by molar-refractivity contribution is -0.137. The lowest BCUT2D eigenvalue weighted by atomic mass is 9.97. The fourth-order valence-electron chi connectivity index (χ4n) is 1.82. The molecule has 0 bridgehead atoms. The van der Waals surface area contributed by atoms with Crippen LogP contribution in [0.4, 0.5) is 13.2 Å². The third kappa shape index (κ3) is 4.73. The molecule has 22 heavy (non-hydrogen) atoms. The number of carbonyl (C=O) groups excluding carboxylic acids is 1. The Labute approximate surface area is 130 Å². The number of benzene rings is 1. The zero-order chi connectivity index (χ0) is 16.8. The van der Waals surface area contributed by atoms with Gasteiger partial charge in [-0.25, -0.2) is 0 Å². The standard InChI is InChI=1S/C14H11ClF3N.CH3NO/c1-9(10-5-3-2-4-6-10)13-12(15)7-11(8-19-13)14(16,17)18;2-1-3/h2-9H,1H3;1H,(H2,2,3). The first-order chi connectivity index (χ1) is 10.3. The third-order valence-corrected chi connectivity index (χ3v) is 3.21. The largest absolute Gasteiger partial charge is 0.417 e. The highest BCUT2D eigenvalue weighted by atomic mass is 35.5. The summed E-state index contributed by atoms with van der Waals surface area (Å²) in [7, 11) is 0. The highest BCUT2D eigenvalue weighted by Gasteiger charge is 2.32. The van der Waals surface area contributed by atoms with Crippen LogP contribution in [-0.2, 0) is 11.0 Å². The van der Waals surface area contributed by atoms with Gasteiger partial charge in [-0.3, -0.25) is 9.78 Å². The second-order valence-corrected chi connectivity index (χ2v) is 4.76. The van der Waals surface area contributed by atoms with Crippen LogP contribution in [0.25, 0.3) is 0 Å². The van der Waals surface area contributed by atoms with Gasteiger partial charge in [0.15, 0.2) is 0 Å². The van der Waals surface area contributed by atoms with Crippen molar-refractivity contribution in [2.24, 2.45) is 5.73 Å². The molecular weight excluding hydrogens is 317 g/mol. The van der Waals surface area contributed by atoms with E-state index < -0.39 is 11.7 Å². The van der Waals surface area contributed by atoms with E-state index in [0.717, 1.165) is 17.8 Å². The van der Waals surface area contributed by atoms with Gasteiger partial charge in [0.2, 0.25) is 6.41 Å². The molecule has 2 N–H and O–H groups in total. The first-order valence-electron chi connectivity index (χ1n) is 6.24. The van der Waals surface area contributed by atoms with Gasteiger partial charge in [-0.05, 0) is 11.6 Å². The minimum Gasteiger partial charge on any atom is -0.372 e. The minimum absolute atomic E-state index is 0.0335. The molecule has 1 atom stereocenters. The molecule has 0 aliphatic rings. The number of nitrogens with zero attached hydrogens (tertiary/aromatic N) is 1. The SMILES string of the molecule is CC(c1ccccc1)c1ncc(C(F)(F)F)cc1Cl.NC=O. The Morgan fingerprint density at radius 2 is 1.82 bits per heavy atom. The summed E-state index contributed by atoms with van der Waals surface area (Å²) < 4.78 is 37.6. The molecule has 0 spiro atoms.